The second kappa shape index (κ2) is 5.80. The maximum Gasteiger partial charge on any atom is 0.243 e. The summed E-state index contributed by atoms with van der Waals surface area (Å²) in [7, 11) is -3.52. The highest BCUT2D eigenvalue weighted by Crippen LogP contribution is 2.32. The Bertz CT molecular complexity index is 609. The van der Waals surface area contributed by atoms with Gasteiger partial charge < -0.3 is 10.9 Å². The minimum absolute atomic E-state index is 0.0343. The molecule has 1 aliphatic carbocycles. The van der Waals surface area contributed by atoms with Crippen LogP contribution in [0.15, 0.2) is 34.3 Å². The van der Waals surface area contributed by atoms with Crippen LogP contribution in [0.4, 0.5) is 0 Å². The van der Waals surface area contributed by atoms with Crippen LogP contribution in [0.5, 0.6) is 0 Å². The average Bonchev–Trinajstić information content (AvgIpc) is 3.23. The molecule has 3 N–H and O–H groups in total. The van der Waals surface area contributed by atoms with E-state index in [4.69, 9.17) is 10.9 Å². The van der Waals surface area contributed by atoms with Crippen molar-refractivity contribution < 1.29 is 13.6 Å². The molecular formula is C13H19N3O3S. The third-order valence-electron chi connectivity index (χ3n) is 3.27. The third-order valence-corrected chi connectivity index (χ3v) is 5.21. The molecule has 0 atom stereocenters. The largest absolute Gasteiger partial charge is 0.409 e. The number of aryl methyl sites for hydroxylation is 1. The number of rotatable bonds is 6. The van der Waals surface area contributed by atoms with Crippen LogP contribution >= 0.6 is 0 Å². The molecular weight excluding hydrogens is 278 g/mol. The van der Waals surface area contributed by atoms with E-state index in [0.717, 1.165) is 18.4 Å². The van der Waals surface area contributed by atoms with Crippen molar-refractivity contribution in [3.8, 4) is 0 Å². The molecule has 1 aliphatic rings. The van der Waals surface area contributed by atoms with E-state index in [1.54, 1.807) is 18.2 Å². The predicted molar refractivity (Wildman–Crippen MR) is 76.1 cm³/mol. The summed E-state index contributed by atoms with van der Waals surface area (Å²) in [5, 5.41) is 11.4. The van der Waals surface area contributed by atoms with Gasteiger partial charge in [0.05, 0.1) is 4.90 Å². The van der Waals surface area contributed by atoms with Crippen LogP contribution in [0.25, 0.3) is 0 Å². The van der Waals surface area contributed by atoms with E-state index in [-0.39, 0.29) is 24.8 Å². The molecule has 20 heavy (non-hydrogen) atoms. The lowest BCUT2D eigenvalue weighted by molar-refractivity contribution is 0.315. The number of amidine groups is 1. The van der Waals surface area contributed by atoms with Gasteiger partial charge in [-0.05, 0) is 37.5 Å². The van der Waals surface area contributed by atoms with Gasteiger partial charge in [-0.15, -0.1) is 0 Å². The molecule has 0 amide bonds. The lowest BCUT2D eigenvalue weighted by Gasteiger charge is -2.21. The van der Waals surface area contributed by atoms with Gasteiger partial charge in [0, 0.05) is 19.0 Å². The summed E-state index contributed by atoms with van der Waals surface area (Å²) < 4.78 is 26.8. The van der Waals surface area contributed by atoms with Crippen LogP contribution < -0.4 is 5.73 Å². The smallest absolute Gasteiger partial charge is 0.243 e. The Hall–Kier alpha value is -1.60. The molecule has 0 spiro atoms. The first-order chi connectivity index (χ1) is 9.45. The Morgan fingerprint density at radius 1 is 1.50 bits per heavy atom. The molecule has 7 heteroatoms. The van der Waals surface area contributed by atoms with E-state index in [9.17, 15) is 8.42 Å². The van der Waals surface area contributed by atoms with E-state index in [1.165, 1.54) is 4.31 Å². The number of nitrogens with zero attached hydrogens (tertiary/aromatic N) is 2. The molecule has 0 aliphatic heterocycles. The fraction of sp³-hybridized carbons (Fsp3) is 0.462. The van der Waals surface area contributed by atoms with Crippen molar-refractivity contribution in [3.05, 3.63) is 29.8 Å². The summed E-state index contributed by atoms with van der Waals surface area (Å²) in [5.41, 5.74) is 6.33. The SMILES string of the molecule is Cc1cccc(S(=O)(=O)N(CCC(N)=NO)C2CC2)c1. The van der Waals surface area contributed by atoms with Crippen LogP contribution in [0.3, 0.4) is 0 Å². The van der Waals surface area contributed by atoms with Gasteiger partial charge >= 0.3 is 0 Å². The van der Waals surface area contributed by atoms with E-state index in [0.29, 0.717) is 4.90 Å². The zero-order valence-corrected chi connectivity index (χ0v) is 12.2. The minimum Gasteiger partial charge on any atom is -0.409 e. The Morgan fingerprint density at radius 2 is 2.20 bits per heavy atom. The van der Waals surface area contributed by atoms with Gasteiger partial charge in [-0.2, -0.15) is 4.31 Å². The van der Waals surface area contributed by atoms with Crippen LogP contribution in [-0.4, -0.2) is 36.4 Å². The maximum absolute atomic E-state index is 12.6. The molecule has 6 nitrogen and oxygen atoms in total. The first-order valence-electron chi connectivity index (χ1n) is 6.50. The molecule has 1 fully saturated rings. The second-order valence-electron chi connectivity index (χ2n) is 5.00. The fourth-order valence-corrected chi connectivity index (χ4v) is 3.84. The summed E-state index contributed by atoms with van der Waals surface area (Å²) in [6.07, 6.45) is 1.94. The molecule has 1 aromatic rings. The van der Waals surface area contributed by atoms with E-state index < -0.39 is 10.0 Å². The second-order valence-corrected chi connectivity index (χ2v) is 6.90. The summed E-state index contributed by atoms with van der Waals surface area (Å²) in [6, 6.07) is 6.88. The van der Waals surface area contributed by atoms with Gasteiger partial charge in [0.2, 0.25) is 10.0 Å². The molecule has 0 heterocycles. The van der Waals surface area contributed by atoms with Crippen LogP contribution in [0, 0.1) is 6.92 Å². The first-order valence-corrected chi connectivity index (χ1v) is 7.94. The zero-order valence-electron chi connectivity index (χ0n) is 11.4. The Balaban J connectivity index is 2.24. The maximum atomic E-state index is 12.6. The molecule has 2 rings (SSSR count). The average molecular weight is 297 g/mol. The highest BCUT2D eigenvalue weighted by atomic mass is 32.2. The Labute approximate surface area is 118 Å². The number of hydrogen-bond donors (Lipinski definition) is 2. The van der Waals surface area contributed by atoms with Crippen molar-refractivity contribution in [1.82, 2.24) is 4.31 Å². The monoisotopic (exact) mass is 297 g/mol. The van der Waals surface area contributed by atoms with Gasteiger partial charge in [-0.3, -0.25) is 0 Å². The Morgan fingerprint density at radius 3 is 2.75 bits per heavy atom. The van der Waals surface area contributed by atoms with Gasteiger partial charge in [-0.25, -0.2) is 8.42 Å². The highest BCUT2D eigenvalue weighted by Gasteiger charge is 2.37. The molecule has 0 aromatic heterocycles. The van der Waals surface area contributed by atoms with Crippen molar-refractivity contribution >= 4 is 15.9 Å². The summed E-state index contributed by atoms with van der Waals surface area (Å²) >= 11 is 0. The lowest BCUT2D eigenvalue weighted by Crippen LogP contribution is -2.36. The topological polar surface area (TPSA) is 96.0 Å². The zero-order chi connectivity index (χ0) is 14.8. The van der Waals surface area contributed by atoms with Crippen LogP contribution in [0.2, 0.25) is 0 Å². The third kappa shape index (κ3) is 3.29. The van der Waals surface area contributed by atoms with Gasteiger partial charge in [0.1, 0.15) is 5.84 Å². The van der Waals surface area contributed by atoms with Crippen molar-refractivity contribution in [3.63, 3.8) is 0 Å². The molecule has 0 bridgehead atoms. The van der Waals surface area contributed by atoms with Gasteiger partial charge in [0.15, 0.2) is 0 Å². The normalized spacial score (nSPS) is 16.6. The summed E-state index contributed by atoms with van der Waals surface area (Å²) in [6.45, 7) is 2.09. The van der Waals surface area contributed by atoms with Crippen molar-refractivity contribution in [1.29, 1.82) is 0 Å². The van der Waals surface area contributed by atoms with Crippen molar-refractivity contribution in [2.24, 2.45) is 10.9 Å². The van der Waals surface area contributed by atoms with Gasteiger partial charge in [-0.1, -0.05) is 17.3 Å². The molecule has 0 radical (unpaired) electrons. The van der Waals surface area contributed by atoms with Crippen LogP contribution in [-0.2, 0) is 10.0 Å². The number of hydrogen-bond acceptors (Lipinski definition) is 4. The molecule has 0 unspecified atom stereocenters. The van der Waals surface area contributed by atoms with Crippen molar-refractivity contribution in [2.45, 2.75) is 37.1 Å². The van der Waals surface area contributed by atoms with E-state index in [1.807, 2.05) is 13.0 Å². The first kappa shape index (κ1) is 14.8. The Kier molecular flexibility index (Phi) is 4.29. The molecule has 110 valence electrons. The van der Waals surface area contributed by atoms with Crippen molar-refractivity contribution in [2.75, 3.05) is 6.54 Å². The molecule has 0 saturated heterocycles. The quantitative estimate of drug-likeness (QED) is 0.358. The summed E-state index contributed by atoms with van der Waals surface area (Å²) in [5.74, 6) is 0.0371. The number of sulfonamides is 1. The highest BCUT2D eigenvalue weighted by molar-refractivity contribution is 7.89. The summed E-state index contributed by atoms with van der Waals surface area (Å²) in [4.78, 5) is 0.295. The van der Waals surface area contributed by atoms with Gasteiger partial charge in [0.25, 0.3) is 0 Å². The molecule has 1 saturated carbocycles. The minimum atomic E-state index is -3.52. The fourth-order valence-electron chi connectivity index (χ4n) is 2.05. The predicted octanol–water partition coefficient (Wildman–Crippen LogP) is 1.28. The van der Waals surface area contributed by atoms with E-state index in [2.05, 4.69) is 5.16 Å². The van der Waals surface area contributed by atoms with Crippen LogP contribution in [0.1, 0.15) is 24.8 Å². The molecule has 1 aromatic carbocycles. The number of oxime groups is 1. The number of nitrogens with two attached hydrogens (primary N) is 1. The lowest BCUT2D eigenvalue weighted by atomic mass is 10.2. The number of benzene rings is 1. The van der Waals surface area contributed by atoms with E-state index >= 15 is 0 Å². The standard InChI is InChI=1S/C13H19N3O3S/c1-10-3-2-4-12(9-10)20(18,19)16(11-5-6-11)8-7-13(14)15-17/h2-4,9,11,17H,5-8H2,1H3,(H2,14,15).